The Morgan fingerprint density at radius 1 is 1.35 bits per heavy atom. The summed E-state index contributed by atoms with van der Waals surface area (Å²) in [5, 5.41) is 7.54. The number of amidine groups is 1. The zero-order valence-corrected chi connectivity index (χ0v) is 12.7. The third kappa shape index (κ3) is 3.60. The van der Waals surface area contributed by atoms with Crippen LogP contribution in [0.25, 0.3) is 0 Å². The van der Waals surface area contributed by atoms with Gasteiger partial charge in [0.05, 0.1) is 0 Å². The minimum atomic E-state index is 0.151. The molecule has 0 bridgehead atoms. The normalized spacial score (nSPS) is 22.9. The molecule has 2 rings (SSSR count). The van der Waals surface area contributed by atoms with Crippen molar-refractivity contribution >= 4 is 5.84 Å². The molecule has 0 saturated heterocycles. The van der Waals surface area contributed by atoms with Crippen LogP contribution in [0, 0.1) is 11.3 Å². The van der Waals surface area contributed by atoms with Crippen molar-refractivity contribution in [3.63, 3.8) is 0 Å². The maximum atomic E-state index is 7.54. The van der Waals surface area contributed by atoms with E-state index in [1.165, 1.54) is 37.7 Å². The molecule has 1 aliphatic carbocycles. The van der Waals surface area contributed by atoms with Gasteiger partial charge in [-0.05, 0) is 37.4 Å². The standard InChI is InChI=1S/C17H27N3/c1-3-14-8-4-5-10-16(14)20(2)12-13-7-6-9-15(11-13)17(18)19/h6-7,9,11,14,16H,3-5,8,10,12H2,1-2H3,(H3,18,19). The fraction of sp³-hybridized carbons (Fsp3) is 0.588. The Balaban J connectivity index is 2.04. The molecule has 1 aliphatic rings. The smallest absolute Gasteiger partial charge is 0.122 e. The number of benzene rings is 1. The van der Waals surface area contributed by atoms with Gasteiger partial charge in [-0.25, -0.2) is 0 Å². The van der Waals surface area contributed by atoms with Crippen LogP contribution in [0.5, 0.6) is 0 Å². The minimum absolute atomic E-state index is 0.151. The van der Waals surface area contributed by atoms with Gasteiger partial charge >= 0.3 is 0 Å². The van der Waals surface area contributed by atoms with E-state index in [1.54, 1.807) is 0 Å². The highest BCUT2D eigenvalue weighted by atomic mass is 15.1. The summed E-state index contributed by atoms with van der Waals surface area (Å²) in [4.78, 5) is 2.49. The lowest BCUT2D eigenvalue weighted by Gasteiger charge is -2.37. The van der Waals surface area contributed by atoms with Gasteiger partial charge in [0.2, 0.25) is 0 Å². The van der Waals surface area contributed by atoms with Crippen molar-refractivity contribution in [1.29, 1.82) is 5.41 Å². The third-order valence-corrected chi connectivity index (χ3v) is 4.63. The van der Waals surface area contributed by atoms with Crippen LogP contribution in [0.4, 0.5) is 0 Å². The van der Waals surface area contributed by atoms with Crippen LogP contribution >= 0.6 is 0 Å². The average Bonchev–Trinajstić information content (AvgIpc) is 2.47. The van der Waals surface area contributed by atoms with Crippen molar-refractivity contribution in [1.82, 2.24) is 4.90 Å². The summed E-state index contributed by atoms with van der Waals surface area (Å²) in [6, 6.07) is 8.78. The maximum Gasteiger partial charge on any atom is 0.122 e. The van der Waals surface area contributed by atoms with Gasteiger partial charge in [-0.2, -0.15) is 0 Å². The van der Waals surface area contributed by atoms with Crippen LogP contribution < -0.4 is 5.73 Å². The Kier molecular flexibility index (Phi) is 5.18. The van der Waals surface area contributed by atoms with Crippen molar-refractivity contribution in [2.75, 3.05) is 7.05 Å². The van der Waals surface area contributed by atoms with Crippen LogP contribution in [-0.2, 0) is 6.54 Å². The highest BCUT2D eigenvalue weighted by Crippen LogP contribution is 2.30. The molecule has 1 aromatic rings. The lowest BCUT2D eigenvalue weighted by Crippen LogP contribution is -2.39. The average molecular weight is 273 g/mol. The van der Waals surface area contributed by atoms with Gasteiger partial charge in [0.15, 0.2) is 0 Å². The Morgan fingerprint density at radius 3 is 2.80 bits per heavy atom. The fourth-order valence-corrected chi connectivity index (χ4v) is 3.49. The van der Waals surface area contributed by atoms with E-state index in [9.17, 15) is 0 Å². The Hall–Kier alpha value is -1.35. The second kappa shape index (κ2) is 6.89. The van der Waals surface area contributed by atoms with Crippen LogP contribution in [0.3, 0.4) is 0 Å². The van der Waals surface area contributed by atoms with Crippen LogP contribution in [0.1, 0.15) is 50.2 Å². The molecule has 20 heavy (non-hydrogen) atoms. The molecule has 3 heteroatoms. The quantitative estimate of drug-likeness (QED) is 0.638. The fourth-order valence-electron chi connectivity index (χ4n) is 3.49. The molecule has 1 aromatic carbocycles. The van der Waals surface area contributed by atoms with Gasteiger partial charge in [0.1, 0.15) is 5.84 Å². The Morgan fingerprint density at radius 2 is 2.10 bits per heavy atom. The predicted octanol–water partition coefficient (Wildman–Crippen LogP) is 3.37. The number of nitrogens with zero attached hydrogens (tertiary/aromatic N) is 1. The molecular formula is C17H27N3. The van der Waals surface area contributed by atoms with Gasteiger partial charge in [0.25, 0.3) is 0 Å². The summed E-state index contributed by atoms with van der Waals surface area (Å²) in [5.41, 5.74) is 7.65. The molecule has 0 spiro atoms. The number of hydrogen-bond acceptors (Lipinski definition) is 2. The third-order valence-electron chi connectivity index (χ3n) is 4.63. The van der Waals surface area contributed by atoms with Crippen molar-refractivity contribution in [2.24, 2.45) is 11.7 Å². The van der Waals surface area contributed by atoms with E-state index in [0.717, 1.165) is 18.0 Å². The van der Waals surface area contributed by atoms with E-state index in [-0.39, 0.29) is 5.84 Å². The summed E-state index contributed by atoms with van der Waals surface area (Å²) in [5.74, 6) is 0.989. The topological polar surface area (TPSA) is 53.1 Å². The van der Waals surface area contributed by atoms with E-state index in [2.05, 4.69) is 24.9 Å². The molecule has 3 N–H and O–H groups in total. The lowest BCUT2D eigenvalue weighted by atomic mass is 9.82. The molecule has 1 saturated carbocycles. The predicted molar refractivity (Wildman–Crippen MR) is 85.0 cm³/mol. The Bertz CT molecular complexity index is 455. The SMILES string of the molecule is CCC1CCCCC1N(C)Cc1cccc(C(=N)N)c1. The minimum Gasteiger partial charge on any atom is -0.384 e. The maximum absolute atomic E-state index is 7.54. The first-order chi connectivity index (χ1) is 9.61. The second-order valence-corrected chi connectivity index (χ2v) is 6.05. The number of nitrogens with two attached hydrogens (primary N) is 1. The van der Waals surface area contributed by atoms with Crippen LogP contribution in [-0.4, -0.2) is 23.8 Å². The molecule has 2 unspecified atom stereocenters. The van der Waals surface area contributed by atoms with E-state index in [1.807, 2.05) is 18.2 Å². The van der Waals surface area contributed by atoms with Gasteiger partial charge in [-0.15, -0.1) is 0 Å². The van der Waals surface area contributed by atoms with E-state index in [4.69, 9.17) is 11.1 Å². The zero-order valence-electron chi connectivity index (χ0n) is 12.7. The molecule has 0 heterocycles. The van der Waals surface area contributed by atoms with Crippen LogP contribution in [0.2, 0.25) is 0 Å². The molecule has 110 valence electrons. The first kappa shape index (κ1) is 15.0. The molecule has 2 atom stereocenters. The molecule has 0 aromatic heterocycles. The summed E-state index contributed by atoms with van der Waals surface area (Å²) in [6.45, 7) is 3.26. The number of nitrogen functional groups attached to an aromatic ring is 1. The Labute approximate surface area is 122 Å². The van der Waals surface area contributed by atoms with Crippen molar-refractivity contribution < 1.29 is 0 Å². The molecule has 0 amide bonds. The summed E-state index contributed by atoms with van der Waals surface area (Å²) < 4.78 is 0. The summed E-state index contributed by atoms with van der Waals surface area (Å²) in [7, 11) is 2.24. The monoisotopic (exact) mass is 273 g/mol. The summed E-state index contributed by atoms with van der Waals surface area (Å²) >= 11 is 0. The number of rotatable bonds is 5. The largest absolute Gasteiger partial charge is 0.384 e. The van der Waals surface area contributed by atoms with Crippen molar-refractivity contribution in [2.45, 2.75) is 51.6 Å². The molecular weight excluding hydrogens is 246 g/mol. The molecule has 1 fully saturated rings. The molecule has 0 radical (unpaired) electrons. The van der Waals surface area contributed by atoms with Gasteiger partial charge in [-0.3, -0.25) is 10.3 Å². The zero-order chi connectivity index (χ0) is 14.5. The highest BCUT2D eigenvalue weighted by Gasteiger charge is 2.26. The van der Waals surface area contributed by atoms with E-state index in [0.29, 0.717) is 6.04 Å². The lowest BCUT2D eigenvalue weighted by molar-refractivity contribution is 0.120. The first-order valence-electron chi connectivity index (χ1n) is 7.75. The van der Waals surface area contributed by atoms with E-state index < -0.39 is 0 Å². The van der Waals surface area contributed by atoms with E-state index >= 15 is 0 Å². The molecule has 3 nitrogen and oxygen atoms in total. The first-order valence-corrected chi connectivity index (χ1v) is 7.75. The highest BCUT2D eigenvalue weighted by molar-refractivity contribution is 5.95. The van der Waals surface area contributed by atoms with Crippen molar-refractivity contribution in [3.8, 4) is 0 Å². The van der Waals surface area contributed by atoms with Gasteiger partial charge in [0, 0.05) is 18.2 Å². The van der Waals surface area contributed by atoms with Crippen molar-refractivity contribution in [3.05, 3.63) is 35.4 Å². The van der Waals surface area contributed by atoms with Gasteiger partial charge in [-0.1, -0.05) is 44.4 Å². The van der Waals surface area contributed by atoms with Gasteiger partial charge < -0.3 is 5.73 Å². The molecule has 0 aliphatic heterocycles. The number of nitrogens with one attached hydrogen (secondary N) is 1. The summed E-state index contributed by atoms with van der Waals surface area (Å²) in [6.07, 6.45) is 6.73. The second-order valence-electron chi connectivity index (χ2n) is 6.05. The van der Waals surface area contributed by atoms with Crippen LogP contribution in [0.15, 0.2) is 24.3 Å². The number of hydrogen-bond donors (Lipinski definition) is 2.